The summed E-state index contributed by atoms with van der Waals surface area (Å²) in [5, 5.41) is 7.76. The number of para-hydroxylation sites is 1. The Labute approximate surface area is 208 Å². The van der Waals surface area contributed by atoms with Crippen LogP contribution in [0.2, 0.25) is 0 Å². The van der Waals surface area contributed by atoms with Gasteiger partial charge in [-0.3, -0.25) is 0 Å². The average molecular weight is 478 g/mol. The Morgan fingerprint density at radius 2 is 1.69 bits per heavy atom. The average Bonchev–Trinajstić information content (AvgIpc) is 3.45. The summed E-state index contributed by atoms with van der Waals surface area (Å²) in [7, 11) is 0. The molecule has 1 aliphatic rings. The fraction of sp³-hybridized carbons (Fsp3) is 0.103. The summed E-state index contributed by atoms with van der Waals surface area (Å²) < 4.78 is 17.9. The number of nitrogens with one attached hydrogen (secondary N) is 1. The van der Waals surface area contributed by atoms with Crippen LogP contribution < -0.4 is 5.32 Å². The Hall–Kier alpha value is -4.65. The van der Waals surface area contributed by atoms with E-state index in [0.717, 1.165) is 34.0 Å². The minimum atomic E-state index is -0.403. The number of benzene rings is 3. The van der Waals surface area contributed by atoms with E-state index in [-0.39, 0.29) is 12.1 Å². The number of hydrogen-bond donors (Lipinski definition) is 1. The van der Waals surface area contributed by atoms with Crippen LogP contribution in [0, 0.1) is 12.7 Å². The van der Waals surface area contributed by atoms with E-state index in [1.165, 1.54) is 12.1 Å². The van der Waals surface area contributed by atoms with Crippen LogP contribution in [0.15, 0.2) is 103 Å². The van der Waals surface area contributed by atoms with Crippen LogP contribution in [0.5, 0.6) is 0 Å². The summed E-state index contributed by atoms with van der Waals surface area (Å²) in [5.74, 6) is 0.500. The van der Waals surface area contributed by atoms with Crippen LogP contribution in [0.1, 0.15) is 28.6 Å². The molecule has 178 valence electrons. The van der Waals surface area contributed by atoms with Gasteiger partial charge in [0.05, 0.1) is 29.7 Å². The molecule has 1 N–H and O–H groups in total. The molecule has 36 heavy (non-hydrogen) atoms. The number of aryl methyl sites for hydroxylation is 1. The number of aromatic nitrogens is 3. The van der Waals surface area contributed by atoms with Gasteiger partial charge in [0.2, 0.25) is 0 Å². The highest BCUT2D eigenvalue weighted by Crippen LogP contribution is 2.38. The number of nitrogens with zero attached hydrogens (tertiary/aromatic N) is 4. The predicted octanol–water partition coefficient (Wildman–Crippen LogP) is 6.25. The van der Waals surface area contributed by atoms with E-state index in [1.807, 2.05) is 90.6 Å². The summed E-state index contributed by atoms with van der Waals surface area (Å²) >= 11 is 0. The molecule has 3 heterocycles. The second-order valence-corrected chi connectivity index (χ2v) is 8.82. The van der Waals surface area contributed by atoms with Crippen LogP contribution in [-0.4, -0.2) is 25.3 Å². The zero-order chi connectivity index (χ0) is 24.6. The Bertz CT molecular complexity index is 1540. The Morgan fingerprint density at radius 1 is 0.944 bits per heavy atom. The molecule has 1 atom stereocenters. The maximum atomic E-state index is 13.9. The van der Waals surface area contributed by atoms with Gasteiger partial charge in [0, 0.05) is 17.4 Å². The quantitative estimate of drug-likeness (QED) is 0.334. The van der Waals surface area contributed by atoms with Gasteiger partial charge < -0.3 is 14.8 Å². The fourth-order valence-electron chi connectivity index (χ4n) is 4.90. The van der Waals surface area contributed by atoms with Crippen LogP contribution >= 0.6 is 0 Å². The van der Waals surface area contributed by atoms with Crippen molar-refractivity contribution in [1.82, 2.24) is 19.2 Å². The molecule has 0 fully saturated rings. The molecule has 2 aromatic heterocycles. The second kappa shape index (κ2) is 8.85. The van der Waals surface area contributed by atoms with E-state index in [1.54, 1.807) is 17.0 Å². The lowest BCUT2D eigenvalue weighted by molar-refractivity contribution is 0.194. The van der Waals surface area contributed by atoms with Crippen LogP contribution in [0.3, 0.4) is 0 Å². The lowest BCUT2D eigenvalue weighted by Gasteiger charge is -2.31. The summed E-state index contributed by atoms with van der Waals surface area (Å²) in [6, 6.07) is 29.2. The third-order valence-electron chi connectivity index (χ3n) is 6.54. The van der Waals surface area contributed by atoms with Gasteiger partial charge in [0.1, 0.15) is 11.6 Å². The van der Waals surface area contributed by atoms with Crippen LogP contribution in [0.4, 0.5) is 14.9 Å². The van der Waals surface area contributed by atoms with Gasteiger partial charge in [0.15, 0.2) is 0 Å². The summed E-state index contributed by atoms with van der Waals surface area (Å²) in [5.41, 5.74) is 5.05. The molecule has 0 radical (unpaired) electrons. The van der Waals surface area contributed by atoms with Crippen molar-refractivity contribution in [2.75, 3.05) is 5.32 Å². The van der Waals surface area contributed by atoms with E-state index < -0.39 is 5.82 Å². The highest BCUT2D eigenvalue weighted by molar-refractivity contribution is 5.90. The summed E-state index contributed by atoms with van der Waals surface area (Å²) in [4.78, 5) is 15.6. The van der Waals surface area contributed by atoms with Gasteiger partial charge in [0.25, 0.3) is 0 Å². The predicted molar refractivity (Wildman–Crippen MR) is 137 cm³/mol. The molecule has 5 aromatic rings. The first-order valence-corrected chi connectivity index (χ1v) is 11.8. The lowest BCUT2D eigenvalue weighted by atomic mass is 10.0. The van der Waals surface area contributed by atoms with E-state index >= 15 is 0 Å². The van der Waals surface area contributed by atoms with Crippen LogP contribution in [-0.2, 0) is 6.54 Å². The molecular formula is C29H24FN5O. The van der Waals surface area contributed by atoms with Crippen molar-refractivity contribution >= 4 is 11.7 Å². The molecule has 2 amide bonds. The summed E-state index contributed by atoms with van der Waals surface area (Å²) in [6.07, 6.45) is 2.01. The van der Waals surface area contributed by atoms with Gasteiger partial charge >= 0.3 is 6.03 Å². The highest BCUT2D eigenvalue weighted by Gasteiger charge is 2.36. The second-order valence-electron chi connectivity index (χ2n) is 8.82. The standard InChI is InChI=1S/C29H24FN5O/c1-20-25-19-34(29(36)31-23-13-8-12-22(30)18-23)27(21-10-4-2-5-11-21)26-16-9-17-33(26)28(25)35(32-20)24-14-6-3-7-15-24/h2-18,27H,19H2,1H3,(H,31,36)/t27-/m1/s1. The van der Waals surface area contributed by atoms with Crippen molar-refractivity contribution in [3.05, 3.63) is 132 Å². The van der Waals surface area contributed by atoms with E-state index in [4.69, 9.17) is 5.10 Å². The number of halogens is 1. The molecular weight excluding hydrogens is 453 g/mol. The third-order valence-corrected chi connectivity index (χ3v) is 6.54. The Morgan fingerprint density at radius 3 is 2.44 bits per heavy atom. The molecule has 6 nitrogen and oxygen atoms in total. The topological polar surface area (TPSA) is 55.1 Å². The molecule has 0 saturated heterocycles. The molecule has 0 aliphatic carbocycles. The van der Waals surface area contributed by atoms with Gasteiger partial charge in [-0.1, -0.05) is 54.6 Å². The number of anilines is 1. The molecule has 0 spiro atoms. The number of amides is 2. The maximum Gasteiger partial charge on any atom is 0.322 e. The first-order valence-electron chi connectivity index (χ1n) is 11.8. The first-order chi connectivity index (χ1) is 17.6. The van der Waals surface area contributed by atoms with Gasteiger partial charge in [-0.15, -0.1) is 0 Å². The minimum absolute atomic E-state index is 0.318. The number of hydrogen-bond acceptors (Lipinski definition) is 2. The fourth-order valence-corrected chi connectivity index (χ4v) is 4.90. The zero-order valence-electron chi connectivity index (χ0n) is 19.7. The lowest BCUT2D eigenvalue weighted by Crippen LogP contribution is -2.38. The van der Waals surface area contributed by atoms with E-state index in [2.05, 4.69) is 9.88 Å². The maximum absolute atomic E-state index is 13.9. The molecule has 3 aromatic carbocycles. The summed E-state index contributed by atoms with van der Waals surface area (Å²) in [6.45, 7) is 2.29. The normalized spacial score (nSPS) is 14.6. The van der Waals surface area contributed by atoms with Gasteiger partial charge in [-0.25, -0.2) is 13.9 Å². The van der Waals surface area contributed by atoms with Crippen molar-refractivity contribution in [2.45, 2.75) is 19.5 Å². The van der Waals surface area contributed by atoms with Crippen molar-refractivity contribution in [3.8, 4) is 11.5 Å². The molecule has 0 bridgehead atoms. The molecule has 0 saturated carbocycles. The van der Waals surface area contributed by atoms with Crippen LogP contribution in [0.25, 0.3) is 11.5 Å². The molecule has 0 unspecified atom stereocenters. The molecule has 6 rings (SSSR count). The zero-order valence-corrected chi connectivity index (χ0v) is 19.7. The number of carbonyl (C=O) groups excluding carboxylic acids is 1. The minimum Gasteiger partial charge on any atom is -0.308 e. The van der Waals surface area contributed by atoms with Crippen molar-refractivity contribution in [3.63, 3.8) is 0 Å². The third kappa shape index (κ3) is 3.75. The highest BCUT2D eigenvalue weighted by atomic mass is 19.1. The number of urea groups is 1. The molecule has 7 heteroatoms. The van der Waals surface area contributed by atoms with Crippen molar-refractivity contribution in [2.24, 2.45) is 0 Å². The first kappa shape index (κ1) is 21.9. The van der Waals surface area contributed by atoms with E-state index in [0.29, 0.717) is 12.2 Å². The smallest absolute Gasteiger partial charge is 0.308 e. The number of fused-ring (bicyclic) bond motifs is 3. The SMILES string of the molecule is Cc1nn(-c2ccccc2)c2c1CN(C(=O)Nc1cccc(F)c1)[C@H](c1ccccc1)c1cccn1-2. The van der Waals surface area contributed by atoms with E-state index in [9.17, 15) is 9.18 Å². The van der Waals surface area contributed by atoms with Gasteiger partial charge in [-0.2, -0.15) is 5.10 Å². The largest absolute Gasteiger partial charge is 0.322 e. The molecule has 1 aliphatic heterocycles. The van der Waals surface area contributed by atoms with Crippen molar-refractivity contribution < 1.29 is 9.18 Å². The van der Waals surface area contributed by atoms with Crippen molar-refractivity contribution in [1.29, 1.82) is 0 Å². The van der Waals surface area contributed by atoms with Gasteiger partial charge in [-0.05, 0) is 55.0 Å². The number of rotatable bonds is 3. The Balaban J connectivity index is 1.53. The number of carbonyl (C=O) groups is 1. The monoisotopic (exact) mass is 477 g/mol. The Kier molecular flexibility index (Phi) is 5.37.